The molecule has 7 heteroatoms. The van der Waals surface area contributed by atoms with Gasteiger partial charge in [0.05, 0.1) is 5.71 Å². The summed E-state index contributed by atoms with van der Waals surface area (Å²) in [6, 6.07) is 9.27. The summed E-state index contributed by atoms with van der Waals surface area (Å²) in [5.74, 6) is 0. The third-order valence-electron chi connectivity index (χ3n) is 4.62. The number of benzene rings is 1. The lowest BCUT2D eigenvalue weighted by Crippen LogP contribution is -2.16. The van der Waals surface area contributed by atoms with Crippen LogP contribution < -0.4 is 16.0 Å². The maximum atomic E-state index is 12.5. The van der Waals surface area contributed by atoms with Crippen LogP contribution in [0.15, 0.2) is 49.5 Å². The second kappa shape index (κ2) is 7.19. The van der Waals surface area contributed by atoms with Gasteiger partial charge in [0, 0.05) is 11.6 Å². The second-order valence-corrected chi connectivity index (χ2v) is 6.53. The first kappa shape index (κ1) is 17.2. The zero-order valence-electron chi connectivity index (χ0n) is 14.9. The molecule has 1 aliphatic rings. The molecule has 138 valence electrons. The van der Waals surface area contributed by atoms with E-state index in [1.165, 1.54) is 11.6 Å². The van der Waals surface area contributed by atoms with E-state index >= 15 is 0 Å². The summed E-state index contributed by atoms with van der Waals surface area (Å²) >= 11 is 0. The fourth-order valence-corrected chi connectivity index (χ4v) is 3.43. The highest BCUT2D eigenvalue weighted by Crippen LogP contribution is 2.22. The van der Waals surface area contributed by atoms with Gasteiger partial charge in [-0.05, 0) is 36.8 Å². The molecular formula is C20H19N3O4. The molecule has 0 spiro atoms. The SMILES string of the molecule is CCCc1cc(=O)oc2nc(O/N=C3\CCCc4ccccc43)[nH]c(=O)c12. The van der Waals surface area contributed by atoms with Crippen molar-refractivity contribution in [1.29, 1.82) is 0 Å². The van der Waals surface area contributed by atoms with Gasteiger partial charge in [-0.25, -0.2) is 4.79 Å². The van der Waals surface area contributed by atoms with E-state index in [1.807, 2.05) is 25.1 Å². The lowest BCUT2D eigenvalue weighted by atomic mass is 9.90. The van der Waals surface area contributed by atoms with Gasteiger partial charge in [-0.1, -0.05) is 42.8 Å². The van der Waals surface area contributed by atoms with Crippen LogP contribution >= 0.6 is 0 Å². The number of nitrogens with one attached hydrogen (secondary N) is 1. The van der Waals surface area contributed by atoms with Crippen molar-refractivity contribution in [2.75, 3.05) is 0 Å². The molecule has 0 saturated heterocycles. The Kier molecular flexibility index (Phi) is 4.58. The molecule has 4 rings (SSSR count). The smallest absolute Gasteiger partial charge is 0.337 e. The zero-order chi connectivity index (χ0) is 18.8. The van der Waals surface area contributed by atoms with Gasteiger partial charge in [-0.15, -0.1) is 0 Å². The van der Waals surface area contributed by atoms with Crippen molar-refractivity contribution < 1.29 is 9.25 Å². The third-order valence-corrected chi connectivity index (χ3v) is 4.62. The van der Waals surface area contributed by atoms with Crippen molar-refractivity contribution >= 4 is 16.8 Å². The molecule has 1 aromatic carbocycles. The van der Waals surface area contributed by atoms with Gasteiger partial charge in [0.25, 0.3) is 5.56 Å². The van der Waals surface area contributed by atoms with Crippen LogP contribution in [0.1, 0.15) is 42.9 Å². The van der Waals surface area contributed by atoms with Crippen LogP contribution in [-0.4, -0.2) is 15.7 Å². The Morgan fingerprint density at radius 2 is 2.11 bits per heavy atom. The van der Waals surface area contributed by atoms with Crippen LogP contribution in [0.2, 0.25) is 0 Å². The molecule has 0 unspecified atom stereocenters. The maximum Gasteiger partial charge on any atom is 0.337 e. The lowest BCUT2D eigenvalue weighted by Gasteiger charge is -2.16. The minimum Gasteiger partial charge on any atom is -0.403 e. The van der Waals surface area contributed by atoms with Crippen molar-refractivity contribution in [2.45, 2.75) is 39.0 Å². The Morgan fingerprint density at radius 1 is 1.26 bits per heavy atom. The number of aromatic nitrogens is 2. The highest BCUT2D eigenvalue weighted by atomic mass is 16.6. The highest BCUT2D eigenvalue weighted by Gasteiger charge is 2.17. The van der Waals surface area contributed by atoms with E-state index in [-0.39, 0.29) is 17.1 Å². The van der Waals surface area contributed by atoms with Crippen LogP contribution in [0, 0.1) is 0 Å². The molecule has 27 heavy (non-hydrogen) atoms. The maximum absolute atomic E-state index is 12.5. The number of H-pyrrole nitrogens is 1. The van der Waals surface area contributed by atoms with Crippen LogP contribution in [0.4, 0.5) is 0 Å². The molecule has 7 nitrogen and oxygen atoms in total. The standard InChI is InChI=1S/C20H19N3O4/c1-2-6-13-11-16(24)26-19-17(13)18(25)21-20(22-19)27-23-15-10-5-8-12-7-3-4-9-14(12)15/h3-4,7,9,11H,2,5-6,8,10H2,1H3,(H,21,22,25)/b23-15+. The summed E-state index contributed by atoms with van der Waals surface area (Å²) in [4.78, 5) is 36.3. The zero-order valence-corrected chi connectivity index (χ0v) is 14.9. The molecule has 0 atom stereocenters. The third kappa shape index (κ3) is 3.40. The summed E-state index contributed by atoms with van der Waals surface area (Å²) in [5, 5.41) is 4.47. The van der Waals surface area contributed by atoms with Crippen LogP contribution in [0.5, 0.6) is 6.01 Å². The summed E-state index contributed by atoms with van der Waals surface area (Å²) < 4.78 is 5.10. The van der Waals surface area contributed by atoms with E-state index < -0.39 is 11.2 Å². The molecule has 3 aromatic rings. The first-order chi connectivity index (χ1) is 13.2. The Morgan fingerprint density at radius 3 is 2.96 bits per heavy atom. The molecule has 0 fully saturated rings. The number of aromatic amines is 1. The predicted molar refractivity (Wildman–Crippen MR) is 101 cm³/mol. The summed E-state index contributed by atoms with van der Waals surface area (Å²) in [5.41, 5.74) is 2.71. The van der Waals surface area contributed by atoms with Crippen LogP contribution in [-0.2, 0) is 12.8 Å². The molecule has 0 radical (unpaired) electrons. The van der Waals surface area contributed by atoms with Gasteiger partial charge < -0.3 is 9.25 Å². The molecule has 0 amide bonds. The largest absolute Gasteiger partial charge is 0.403 e. The molecule has 1 N–H and O–H groups in total. The average Bonchev–Trinajstić information content (AvgIpc) is 2.66. The minimum absolute atomic E-state index is 0.0334. The molecule has 2 aromatic heterocycles. The van der Waals surface area contributed by atoms with E-state index in [2.05, 4.69) is 21.2 Å². The van der Waals surface area contributed by atoms with Crippen molar-refractivity contribution in [3.05, 3.63) is 67.8 Å². The van der Waals surface area contributed by atoms with Gasteiger partial charge in [0.2, 0.25) is 5.71 Å². The number of nitrogens with zero attached hydrogens (tertiary/aromatic N) is 2. The van der Waals surface area contributed by atoms with Gasteiger partial charge in [-0.2, -0.15) is 4.98 Å². The average molecular weight is 365 g/mol. The summed E-state index contributed by atoms with van der Waals surface area (Å²) in [6.07, 6.45) is 4.15. The van der Waals surface area contributed by atoms with Crippen molar-refractivity contribution in [3.8, 4) is 6.01 Å². The molecular weight excluding hydrogens is 346 g/mol. The van der Waals surface area contributed by atoms with Crippen molar-refractivity contribution in [1.82, 2.24) is 9.97 Å². The van der Waals surface area contributed by atoms with Gasteiger partial charge in [0.15, 0.2) is 0 Å². The summed E-state index contributed by atoms with van der Waals surface area (Å²) in [6.45, 7) is 1.97. The van der Waals surface area contributed by atoms with E-state index in [4.69, 9.17) is 9.25 Å². The molecule has 0 saturated carbocycles. The first-order valence-corrected chi connectivity index (χ1v) is 9.05. The number of aryl methyl sites for hydroxylation is 2. The Bertz CT molecular complexity index is 1140. The van der Waals surface area contributed by atoms with Crippen molar-refractivity contribution in [2.24, 2.45) is 5.16 Å². The minimum atomic E-state index is -0.539. The monoisotopic (exact) mass is 365 g/mol. The first-order valence-electron chi connectivity index (χ1n) is 9.05. The Hall–Kier alpha value is -3.22. The van der Waals surface area contributed by atoms with E-state index in [9.17, 15) is 9.59 Å². The fourth-order valence-electron chi connectivity index (χ4n) is 3.43. The topological polar surface area (TPSA) is 97.5 Å². The Labute approximate surface area is 154 Å². The Balaban J connectivity index is 1.72. The number of oxime groups is 1. The molecule has 0 bridgehead atoms. The number of fused-ring (bicyclic) bond motifs is 2. The van der Waals surface area contributed by atoms with E-state index in [0.29, 0.717) is 12.0 Å². The van der Waals surface area contributed by atoms with Gasteiger partial charge >= 0.3 is 11.6 Å². The quantitative estimate of drug-likeness (QED) is 0.717. The molecule has 1 aliphatic carbocycles. The normalized spacial score (nSPS) is 15.1. The van der Waals surface area contributed by atoms with Gasteiger partial charge in [0.1, 0.15) is 5.39 Å². The second-order valence-electron chi connectivity index (χ2n) is 6.53. The molecule has 2 heterocycles. The number of hydrogen-bond donors (Lipinski definition) is 1. The predicted octanol–water partition coefficient (Wildman–Crippen LogP) is 2.95. The number of rotatable bonds is 4. The van der Waals surface area contributed by atoms with E-state index in [0.717, 1.165) is 37.0 Å². The summed E-state index contributed by atoms with van der Waals surface area (Å²) in [7, 11) is 0. The van der Waals surface area contributed by atoms with Gasteiger partial charge in [-0.3, -0.25) is 9.78 Å². The van der Waals surface area contributed by atoms with E-state index in [1.54, 1.807) is 0 Å². The van der Waals surface area contributed by atoms with Crippen molar-refractivity contribution in [3.63, 3.8) is 0 Å². The lowest BCUT2D eigenvalue weighted by molar-refractivity contribution is 0.309. The fraction of sp³-hybridized carbons (Fsp3) is 0.300. The van der Waals surface area contributed by atoms with Crippen LogP contribution in [0.25, 0.3) is 11.1 Å². The molecule has 0 aliphatic heterocycles. The van der Waals surface area contributed by atoms with Crippen LogP contribution in [0.3, 0.4) is 0 Å². The highest BCUT2D eigenvalue weighted by molar-refractivity contribution is 6.02. The number of hydrogen-bond acceptors (Lipinski definition) is 6.